The number of benzene rings is 1. The van der Waals surface area contributed by atoms with Crippen LogP contribution < -0.4 is 0 Å². The van der Waals surface area contributed by atoms with E-state index in [0.717, 1.165) is 18.4 Å². The van der Waals surface area contributed by atoms with Gasteiger partial charge < -0.3 is 0 Å². The van der Waals surface area contributed by atoms with Gasteiger partial charge in [-0.2, -0.15) is 0 Å². The highest BCUT2D eigenvalue weighted by molar-refractivity contribution is 5.98. The van der Waals surface area contributed by atoms with E-state index in [-0.39, 0.29) is 5.92 Å². The predicted octanol–water partition coefficient (Wildman–Crippen LogP) is 4.39. The van der Waals surface area contributed by atoms with Crippen LogP contribution >= 0.6 is 0 Å². The van der Waals surface area contributed by atoms with Crippen molar-refractivity contribution in [3.63, 3.8) is 0 Å². The Morgan fingerprint density at radius 3 is 2.76 bits per heavy atom. The second-order valence-corrected chi connectivity index (χ2v) is 5.29. The number of aryl methyl sites for hydroxylation is 1. The third-order valence-electron chi connectivity index (χ3n) is 4.07. The van der Waals surface area contributed by atoms with Gasteiger partial charge in [0.05, 0.1) is 0 Å². The number of carbonyl (C=O) groups is 1. The topological polar surface area (TPSA) is 17.1 Å². The summed E-state index contributed by atoms with van der Waals surface area (Å²) < 4.78 is 0. The summed E-state index contributed by atoms with van der Waals surface area (Å²) in [7, 11) is 0. The Balaban J connectivity index is 2.18. The summed E-state index contributed by atoms with van der Waals surface area (Å²) in [5.74, 6) is 1.26. The van der Waals surface area contributed by atoms with Crippen molar-refractivity contribution in [3.05, 3.63) is 35.4 Å². The summed E-state index contributed by atoms with van der Waals surface area (Å²) >= 11 is 0. The molecule has 0 N–H and O–H groups in total. The maximum atomic E-state index is 12.5. The van der Waals surface area contributed by atoms with Gasteiger partial charge in [0.15, 0.2) is 5.78 Å². The number of hydrogen-bond acceptors (Lipinski definition) is 1. The number of Topliss-reactive ketones (excluding diaryl/α,β-unsaturated/α-hetero) is 1. The molecular formula is C16H22O. The number of rotatable bonds is 3. The Morgan fingerprint density at radius 1 is 1.29 bits per heavy atom. The van der Waals surface area contributed by atoms with Crippen LogP contribution in [0.4, 0.5) is 0 Å². The molecule has 17 heavy (non-hydrogen) atoms. The lowest BCUT2D eigenvalue weighted by Crippen LogP contribution is -2.27. The number of carbonyl (C=O) groups excluding carboxylic acids is 1. The third kappa shape index (κ3) is 2.77. The Kier molecular flexibility index (Phi) is 3.98. The van der Waals surface area contributed by atoms with Gasteiger partial charge in [0.25, 0.3) is 0 Å². The van der Waals surface area contributed by atoms with Crippen LogP contribution in [0, 0.1) is 18.8 Å². The Labute approximate surface area is 104 Å². The first kappa shape index (κ1) is 12.3. The lowest BCUT2D eigenvalue weighted by atomic mass is 9.74. The highest BCUT2D eigenvalue weighted by Gasteiger charge is 2.30. The van der Waals surface area contributed by atoms with Gasteiger partial charge in [-0.1, -0.05) is 49.9 Å². The molecule has 0 amide bonds. The van der Waals surface area contributed by atoms with Gasteiger partial charge in [-0.05, 0) is 31.7 Å². The van der Waals surface area contributed by atoms with Crippen molar-refractivity contribution in [1.29, 1.82) is 0 Å². The van der Waals surface area contributed by atoms with Crippen LogP contribution in [-0.4, -0.2) is 5.78 Å². The van der Waals surface area contributed by atoms with E-state index in [0.29, 0.717) is 11.7 Å². The van der Waals surface area contributed by atoms with Crippen molar-refractivity contribution >= 4 is 5.78 Å². The lowest BCUT2D eigenvalue weighted by Gasteiger charge is -2.29. The lowest BCUT2D eigenvalue weighted by molar-refractivity contribution is 0.0820. The molecule has 0 bridgehead atoms. The van der Waals surface area contributed by atoms with Crippen molar-refractivity contribution in [3.8, 4) is 0 Å². The summed E-state index contributed by atoms with van der Waals surface area (Å²) in [6, 6.07) is 8.04. The Morgan fingerprint density at radius 2 is 2.06 bits per heavy atom. The zero-order chi connectivity index (χ0) is 12.3. The highest BCUT2D eigenvalue weighted by atomic mass is 16.1. The molecule has 1 aliphatic rings. The molecule has 0 aliphatic heterocycles. The molecule has 1 heteroatoms. The van der Waals surface area contributed by atoms with E-state index in [1.807, 2.05) is 18.2 Å². The molecule has 1 nitrogen and oxygen atoms in total. The summed E-state index contributed by atoms with van der Waals surface area (Å²) in [5, 5.41) is 0. The molecular weight excluding hydrogens is 208 g/mol. The third-order valence-corrected chi connectivity index (χ3v) is 4.07. The molecule has 92 valence electrons. The predicted molar refractivity (Wildman–Crippen MR) is 71.2 cm³/mol. The fourth-order valence-electron chi connectivity index (χ4n) is 3.05. The van der Waals surface area contributed by atoms with Crippen molar-refractivity contribution < 1.29 is 4.79 Å². The Hall–Kier alpha value is -1.11. The SMILES string of the molecule is CCC1CCCCC1C(=O)c1cccc(C)c1. The van der Waals surface area contributed by atoms with Crippen LogP contribution in [0.3, 0.4) is 0 Å². The number of hydrogen-bond donors (Lipinski definition) is 0. The minimum atomic E-state index is 0.274. The van der Waals surface area contributed by atoms with Crippen LogP contribution in [0.1, 0.15) is 54.9 Å². The molecule has 0 aromatic heterocycles. The van der Waals surface area contributed by atoms with Gasteiger partial charge in [0.1, 0.15) is 0 Å². The van der Waals surface area contributed by atoms with Crippen LogP contribution in [-0.2, 0) is 0 Å². The zero-order valence-corrected chi connectivity index (χ0v) is 10.9. The van der Waals surface area contributed by atoms with Crippen LogP contribution in [0.5, 0.6) is 0 Å². The second kappa shape index (κ2) is 5.48. The van der Waals surface area contributed by atoms with E-state index in [1.54, 1.807) is 0 Å². The van der Waals surface area contributed by atoms with E-state index in [4.69, 9.17) is 0 Å². The monoisotopic (exact) mass is 230 g/mol. The largest absolute Gasteiger partial charge is 0.294 e. The van der Waals surface area contributed by atoms with Crippen molar-refractivity contribution in [1.82, 2.24) is 0 Å². The van der Waals surface area contributed by atoms with Crippen molar-refractivity contribution in [2.24, 2.45) is 11.8 Å². The first-order valence-corrected chi connectivity index (χ1v) is 6.83. The van der Waals surface area contributed by atoms with Crippen molar-refractivity contribution in [2.75, 3.05) is 0 Å². The maximum absolute atomic E-state index is 12.5. The van der Waals surface area contributed by atoms with Crippen LogP contribution in [0.25, 0.3) is 0 Å². The first-order valence-electron chi connectivity index (χ1n) is 6.83. The molecule has 0 spiro atoms. The van der Waals surface area contributed by atoms with Crippen LogP contribution in [0.15, 0.2) is 24.3 Å². The van der Waals surface area contributed by atoms with Gasteiger partial charge in [-0.25, -0.2) is 0 Å². The highest BCUT2D eigenvalue weighted by Crippen LogP contribution is 2.34. The van der Waals surface area contributed by atoms with Gasteiger partial charge in [0, 0.05) is 11.5 Å². The molecule has 1 saturated carbocycles. The fraction of sp³-hybridized carbons (Fsp3) is 0.562. The second-order valence-electron chi connectivity index (χ2n) is 5.29. The van der Waals surface area contributed by atoms with Gasteiger partial charge in [0.2, 0.25) is 0 Å². The maximum Gasteiger partial charge on any atom is 0.166 e. The molecule has 0 saturated heterocycles. The van der Waals surface area contributed by atoms with Crippen LogP contribution in [0.2, 0.25) is 0 Å². The quantitative estimate of drug-likeness (QED) is 0.704. The molecule has 1 aromatic rings. The van der Waals surface area contributed by atoms with Gasteiger partial charge in [-0.15, -0.1) is 0 Å². The Bertz CT molecular complexity index is 394. The normalized spacial score (nSPS) is 24.6. The number of ketones is 1. The molecule has 1 aromatic carbocycles. The summed E-state index contributed by atoms with van der Waals surface area (Å²) in [5.41, 5.74) is 2.09. The average molecular weight is 230 g/mol. The zero-order valence-electron chi connectivity index (χ0n) is 10.9. The summed E-state index contributed by atoms with van der Waals surface area (Å²) in [6.45, 7) is 4.27. The summed E-state index contributed by atoms with van der Waals surface area (Å²) in [4.78, 5) is 12.5. The van der Waals surface area contributed by atoms with E-state index in [9.17, 15) is 4.79 Å². The molecule has 1 aliphatic carbocycles. The van der Waals surface area contributed by atoms with E-state index < -0.39 is 0 Å². The average Bonchev–Trinajstić information content (AvgIpc) is 2.38. The first-order chi connectivity index (χ1) is 8.22. The smallest absolute Gasteiger partial charge is 0.166 e. The van der Waals surface area contributed by atoms with Gasteiger partial charge in [-0.3, -0.25) is 4.79 Å². The summed E-state index contributed by atoms with van der Waals surface area (Å²) in [6.07, 6.45) is 5.99. The molecule has 2 unspecified atom stereocenters. The molecule has 0 heterocycles. The molecule has 2 rings (SSSR count). The fourth-order valence-corrected chi connectivity index (χ4v) is 3.05. The minimum absolute atomic E-state index is 0.274. The molecule has 2 atom stereocenters. The van der Waals surface area contributed by atoms with Gasteiger partial charge >= 0.3 is 0 Å². The van der Waals surface area contributed by atoms with Crippen molar-refractivity contribution in [2.45, 2.75) is 46.0 Å². The van der Waals surface area contributed by atoms with E-state index in [1.165, 1.54) is 24.8 Å². The van der Waals surface area contributed by atoms with E-state index >= 15 is 0 Å². The minimum Gasteiger partial charge on any atom is -0.294 e. The standard InChI is InChI=1S/C16H22O/c1-3-13-8-4-5-10-15(13)16(17)14-9-6-7-12(2)11-14/h6-7,9,11,13,15H,3-5,8,10H2,1-2H3. The molecule has 0 radical (unpaired) electrons. The van der Waals surface area contributed by atoms with E-state index in [2.05, 4.69) is 19.9 Å². The molecule has 1 fully saturated rings.